The van der Waals surface area contributed by atoms with Crippen LogP contribution in [0.25, 0.3) is 0 Å². The molecule has 166 valence electrons. The maximum atomic E-state index is 13.5. The first-order chi connectivity index (χ1) is 11.0. The van der Waals surface area contributed by atoms with Crippen LogP contribution in [0.2, 0.25) is 0 Å². The Labute approximate surface area is 191 Å². The van der Waals surface area contributed by atoms with Gasteiger partial charge in [-0.25, -0.2) is 17.2 Å². The van der Waals surface area contributed by atoms with E-state index in [1.54, 1.807) is 0 Å². The van der Waals surface area contributed by atoms with Gasteiger partial charge in [0.1, 0.15) is 0 Å². The Hall–Kier alpha value is 0.797. The summed E-state index contributed by atoms with van der Waals surface area (Å²) < 4.78 is 183. The van der Waals surface area contributed by atoms with Gasteiger partial charge in [-0.05, 0) is 0 Å². The van der Waals surface area contributed by atoms with Gasteiger partial charge in [-0.2, -0.15) is 35.1 Å². The van der Waals surface area contributed by atoms with Gasteiger partial charge >= 0.3 is 77.0 Å². The Bertz CT molecular complexity index is 662. The normalized spacial score (nSPS) is 17.7. The van der Waals surface area contributed by atoms with E-state index in [9.17, 15) is 65.6 Å². The fourth-order valence-corrected chi connectivity index (χ4v) is 1.42. The number of halogens is 10. The number of hydrogen-bond acceptors (Lipinski definition) is 8. The third-order valence-electron chi connectivity index (χ3n) is 2.23. The van der Waals surface area contributed by atoms with Crippen molar-refractivity contribution in [1.29, 1.82) is 0 Å². The molecule has 0 aromatic carbocycles. The van der Waals surface area contributed by atoms with E-state index in [-0.39, 0.29) is 53.9 Å². The topological polar surface area (TPSA) is 146 Å². The molecule has 0 fully saturated rings. The van der Waals surface area contributed by atoms with Crippen LogP contribution in [0.3, 0.4) is 0 Å². The minimum atomic E-state index is -7.32. The molecule has 3 atom stereocenters. The van der Waals surface area contributed by atoms with Crippen molar-refractivity contribution in [2.75, 3.05) is 0 Å². The average molecular weight is 501 g/mol. The second kappa shape index (κ2) is 11.1. The summed E-state index contributed by atoms with van der Waals surface area (Å²) >= 11 is -4.78. The van der Waals surface area contributed by atoms with Gasteiger partial charge in [0, 0.05) is 18.0 Å². The van der Waals surface area contributed by atoms with Crippen LogP contribution in [-0.4, -0.2) is 62.1 Å². The molecular weight excluding hydrogens is 496 g/mol. The molecule has 3 unspecified atom stereocenters. The SMILES string of the molecule is CC(F)(OC(F)(F)C(F)(F)S(=O)(=O)[O-])C(F)(F)OC(F)C(F)(F)S(=O)[O-].[Li+].[Na+].[OH-]. The maximum Gasteiger partial charge on any atom is 1.00 e. The van der Waals surface area contributed by atoms with Gasteiger partial charge in [0.15, 0.2) is 10.1 Å². The number of rotatable bonds is 9. The van der Waals surface area contributed by atoms with E-state index in [1.165, 1.54) is 0 Å². The van der Waals surface area contributed by atoms with Crippen molar-refractivity contribution in [2.24, 2.45) is 0 Å². The number of hydrogen-bond donors (Lipinski definition) is 0. The van der Waals surface area contributed by atoms with Gasteiger partial charge in [-0.1, -0.05) is 0 Å². The third-order valence-corrected chi connectivity index (χ3v) is 3.73. The van der Waals surface area contributed by atoms with E-state index in [0.717, 1.165) is 0 Å². The summed E-state index contributed by atoms with van der Waals surface area (Å²) in [6, 6.07) is 0. The largest absolute Gasteiger partial charge is 1.00 e. The quantitative estimate of drug-likeness (QED) is 0.133. The molecule has 22 heteroatoms. The molecule has 0 aliphatic carbocycles. The van der Waals surface area contributed by atoms with Crippen molar-refractivity contribution in [3.63, 3.8) is 0 Å². The Morgan fingerprint density at radius 2 is 1.31 bits per heavy atom. The van der Waals surface area contributed by atoms with Gasteiger partial charge in [0.05, 0.1) is 0 Å². The first kappa shape index (κ1) is 37.1. The van der Waals surface area contributed by atoms with Crippen LogP contribution in [0.15, 0.2) is 0 Å². The number of alkyl halides is 10. The number of ether oxygens (including phenoxy) is 2. The van der Waals surface area contributed by atoms with Crippen molar-refractivity contribution >= 4 is 21.2 Å². The van der Waals surface area contributed by atoms with Gasteiger partial charge < -0.3 is 14.6 Å². The van der Waals surface area contributed by atoms with Gasteiger partial charge in [0.2, 0.25) is 0 Å². The van der Waals surface area contributed by atoms with Crippen LogP contribution in [0.1, 0.15) is 6.92 Å². The summed E-state index contributed by atoms with van der Waals surface area (Å²) in [5.41, 5.74) is 0. The van der Waals surface area contributed by atoms with Crippen LogP contribution in [0.4, 0.5) is 43.9 Å². The Morgan fingerprint density at radius 3 is 1.59 bits per heavy atom. The molecule has 0 saturated carbocycles. The van der Waals surface area contributed by atoms with Crippen molar-refractivity contribution in [2.45, 2.75) is 41.9 Å². The molecule has 0 saturated heterocycles. The molecular formula is C7H5F10LiNaO8S2-. The fraction of sp³-hybridized carbons (Fsp3) is 1.00. The minimum Gasteiger partial charge on any atom is -0.870 e. The summed E-state index contributed by atoms with van der Waals surface area (Å²) in [5.74, 6) is -5.67. The first-order valence-corrected chi connectivity index (χ1v) is 7.78. The molecule has 0 heterocycles. The molecule has 1 N–H and O–H groups in total. The average Bonchev–Trinajstić information content (AvgIpc) is 2.34. The molecule has 0 rings (SSSR count). The molecule has 0 radical (unpaired) electrons. The van der Waals surface area contributed by atoms with E-state index in [4.69, 9.17) is 0 Å². The van der Waals surface area contributed by atoms with Crippen LogP contribution < -0.4 is 48.4 Å². The van der Waals surface area contributed by atoms with Crippen LogP contribution in [0, 0.1) is 0 Å². The molecule has 8 nitrogen and oxygen atoms in total. The summed E-state index contributed by atoms with van der Waals surface area (Å²) in [6.45, 7) is -0.923. The van der Waals surface area contributed by atoms with Gasteiger partial charge in [0.25, 0.3) is 6.36 Å². The van der Waals surface area contributed by atoms with Crippen LogP contribution in [-0.2, 0) is 30.7 Å². The van der Waals surface area contributed by atoms with Crippen molar-refractivity contribution < 1.29 is 129 Å². The molecule has 0 aromatic rings. The van der Waals surface area contributed by atoms with E-state index in [2.05, 4.69) is 9.47 Å². The summed E-state index contributed by atoms with van der Waals surface area (Å²) in [5, 5.41) is -12.6. The van der Waals surface area contributed by atoms with Crippen molar-refractivity contribution in [3.8, 4) is 0 Å². The van der Waals surface area contributed by atoms with E-state index >= 15 is 0 Å². The monoisotopic (exact) mass is 501 g/mol. The maximum absolute atomic E-state index is 13.5. The summed E-state index contributed by atoms with van der Waals surface area (Å²) in [6.07, 6.45) is -18.0. The zero-order valence-electron chi connectivity index (χ0n) is 14.0. The molecule has 0 amide bonds. The zero-order valence-corrected chi connectivity index (χ0v) is 17.6. The second-order valence-corrected chi connectivity index (χ2v) is 6.69. The van der Waals surface area contributed by atoms with E-state index in [1.807, 2.05) is 0 Å². The van der Waals surface area contributed by atoms with Crippen LogP contribution >= 0.6 is 0 Å². The smallest absolute Gasteiger partial charge is 0.870 e. The van der Waals surface area contributed by atoms with E-state index in [0.29, 0.717) is 0 Å². The molecule has 0 spiro atoms. The van der Waals surface area contributed by atoms with Crippen molar-refractivity contribution in [1.82, 2.24) is 0 Å². The Morgan fingerprint density at radius 1 is 0.966 bits per heavy atom. The summed E-state index contributed by atoms with van der Waals surface area (Å²) in [4.78, 5) is 0. The minimum absolute atomic E-state index is 0. The zero-order chi connectivity index (χ0) is 21.6. The standard InChI is InChI=1S/C7H6F10O7S2.Li.Na.H2O/c1-3(9,24-6(14,15)7(16,17)26(20,21)22)5(12,13)23-2(8)4(10,11)25(18)19;;;/h2H,1H3,(H,18,19)(H,20,21,22);;;1H2/q;2*+1;/p-3. The predicted molar refractivity (Wildman–Crippen MR) is 56.9 cm³/mol. The first-order valence-electron chi connectivity index (χ1n) is 5.30. The van der Waals surface area contributed by atoms with Crippen molar-refractivity contribution in [3.05, 3.63) is 0 Å². The summed E-state index contributed by atoms with van der Waals surface area (Å²) in [7, 11) is -7.32. The van der Waals surface area contributed by atoms with E-state index < -0.39 is 63.1 Å². The third kappa shape index (κ3) is 8.01. The molecule has 0 bridgehead atoms. The van der Waals surface area contributed by atoms with Gasteiger partial charge in [-0.3, -0.25) is 13.7 Å². The fourth-order valence-electron chi connectivity index (χ4n) is 0.885. The Balaban J connectivity index is -0.00000104. The molecule has 0 aromatic heterocycles. The predicted octanol–water partition coefficient (Wildman–Crippen LogP) is -4.37. The van der Waals surface area contributed by atoms with Gasteiger partial charge in [-0.15, -0.1) is 0 Å². The van der Waals surface area contributed by atoms with Crippen LogP contribution in [0.5, 0.6) is 0 Å². The Kier molecular flexibility index (Phi) is 14.2. The molecule has 29 heavy (non-hydrogen) atoms. The second-order valence-electron chi connectivity index (χ2n) is 4.25. The molecule has 0 aliphatic rings. The molecule has 0 aliphatic heterocycles.